The first kappa shape index (κ1) is 18.4. The van der Waals surface area contributed by atoms with E-state index in [2.05, 4.69) is 6.92 Å². The molecule has 1 unspecified atom stereocenters. The molecule has 0 aromatic heterocycles. The Balaban J connectivity index is 2.03. The minimum Gasteiger partial charge on any atom is -0.381 e. The zero-order chi connectivity index (χ0) is 16.8. The Morgan fingerprint density at radius 1 is 1.39 bits per heavy atom. The van der Waals surface area contributed by atoms with Crippen LogP contribution in [0.1, 0.15) is 30.7 Å². The van der Waals surface area contributed by atoms with Crippen LogP contribution in [0.5, 0.6) is 0 Å². The number of carbonyl (C=O) groups excluding carboxylic acids is 1. The molecule has 1 aromatic carbocycles. The molecular weight excluding hydrogens is 332 g/mol. The number of halogens is 1. The minimum atomic E-state index is 0.0115. The number of rotatable bonds is 8. The van der Waals surface area contributed by atoms with E-state index in [-0.39, 0.29) is 11.3 Å². The van der Waals surface area contributed by atoms with Gasteiger partial charge in [0.2, 0.25) is 5.91 Å². The summed E-state index contributed by atoms with van der Waals surface area (Å²) in [7, 11) is 3.98. The fraction of sp³-hybridized carbons (Fsp3) is 0.588. The van der Waals surface area contributed by atoms with Gasteiger partial charge >= 0.3 is 0 Å². The number of hydrogen-bond acceptors (Lipinski definition) is 4. The molecule has 1 heterocycles. The maximum Gasteiger partial charge on any atom is 0.233 e. The van der Waals surface area contributed by atoms with Gasteiger partial charge in [-0.25, -0.2) is 0 Å². The van der Waals surface area contributed by atoms with Crippen molar-refractivity contribution in [2.75, 3.05) is 44.5 Å². The van der Waals surface area contributed by atoms with Crippen molar-refractivity contribution in [3.8, 4) is 0 Å². The van der Waals surface area contributed by atoms with Gasteiger partial charge in [0.15, 0.2) is 0 Å². The summed E-state index contributed by atoms with van der Waals surface area (Å²) in [4.78, 5) is 16.1. The standard InChI is InChI=1S/C17H25ClN2O2S/c1-4-9-22-10-5-8-20-16(21)12-23-17(20)14-7-6-13(19(2)3)11-15(14)18/h6-7,11,17H,4-5,8-10,12H2,1-3H3. The summed E-state index contributed by atoms with van der Waals surface area (Å²) < 4.78 is 5.51. The largest absolute Gasteiger partial charge is 0.381 e. The molecule has 0 aliphatic carbocycles. The average molecular weight is 357 g/mol. The smallest absolute Gasteiger partial charge is 0.233 e. The van der Waals surface area contributed by atoms with Gasteiger partial charge in [-0.15, -0.1) is 11.8 Å². The summed E-state index contributed by atoms with van der Waals surface area (Å²) in [5.74, 6) is 0.704. The third kappa shape index (κ3) is 4.78. The topological polar surface area (TPSA) is 32.8 Å². The molecule has 4 nitrogen and oxygen atoms in total. The highest BCUT2D eigenvalue weighted by molar-refractivity contribution is 8.00. The van der Waals surface area contributed by atoms with E-state index < -0.39 is 0 Å². The third-order valence-electron chi connectivity index (χ3n) is 3.77. The highest BCUT2D eigenvalue weighted by atomic mass is 35.5. The number of benzene rings is 1. The molecule has 0 radical (unpaired) electrons. The van der Waals surface area contributed by atoms with E-state index in [1.165, 1.54) is 0 Å². The van der Waals surface area contributed by atoms with E-state index in [0.717, 1.165) is 35.7 Å². The second-order valence-corrected chi connectivity index (χ2v) is 7.29. The molecule has 2 rings (SSSR count). The van der Waals surface area contributed by atoms with Crippen LogP contribution < -0.4 is 4.90 Å². The normalized spacial score (nSPS) is 17.8. The van der Waals surface area contributed by atoms with Gasteiger partial charge in [-0.2, -0.15) is 0 Å². The van der Waals surface area contributed by atoms with Gasteiger partial charge in [0, 0.05) is 50.1 Å². The third-order valence-corrected chi connectivity index (χ3v) is 5.34. The van der Waals surface area contributed by atoms with Crippen LogP contribution in [0.15, 0.2) is 18.2 Å². The average Bonchev–Trinajstić information content (AvgIpc) is 2.88. The van der Waals surface area contributed by atoms with Crippen LogP contribution in [-0.2, 0) is 9.53 Å². The van der Waals surface area contributed by atoms with Crippen molar-refractivity contribution in [1.82, 2.24) is 4.90 Å². The molecule has 1 saturated heterocycles. The van der Waals surface area contributed by atoms with Gasteiger partial charge in [0.1, 0.15) is 5.37 Å². The lowest BCUT2D eigenvalue weighted by molar-refractivity contribution is -0.128. The van der Waals surface area contributed by atoms with Gasteiger partial charge < -0.3 is 14.5 Å². The van der Waals surface area contributed by atoms with Gasteiger partial charge in [-0.1, -0.05) is 24.6 Å². The summed E-state index contributed by atoms with van der Waals surface area (Å²) in [6, 6.07) is 6.05. The molecule has 23 heavy (non-hydrogen) atoms. The number of hydrogen-bond donors (Lipinski definition) is 0. The van der Waals surface area contributed by atoms with Crippen molar-refractivity contribution in [2.45, 2.75) is 25.1 Å². The van der Waals surface area contributed by atoms with Crippen LogP contribution in [0, 0.1) is 0 Å². The van der Waals surface area contributed by atoms with E-state index in [9.17, 15) is 4.79 Å². The summed E-state index contributed by atoms with van der Waals surface area (Å²) in [6.45, 7) is 4.29. The van der Waals surface area contributed by atoms with Crippen LogP contribution in [0.3, 0.4) is 0 Å². The molecule has 1 aromatic rings. The fourth-order valence-corrected chi connectivity index (χ4v) is 4.13. The second kappa shape index (κ2) is 8.81. The molecule has 128 valence electrons. The van der Waals surface area contributed by atoms with E-state index in [1.54, 1.807) is 11.8 Å². The Bertz CT molecular complexity index is 539. The van der Waals surface area contributed by atoms with Crippen LogP contribution >= 0.6 is 23.4 Å². The molecule has 1 amide bonds. The van der Waals surface area contributed by atoms with Gasteiger partial charge in [0.05, 0.1) is 5.75 Å². The van der Waals surface area contributed by atoms with Crippen molar-refractivity contribution in [1.29, 1.82) is 0 Å². The summed E-state index contributed by atoms with van der Waals surface area (Å²) in [5.41, 5.74) is 2.08. The Morgan fingerprint density at radius 3 is 2.83 bits per heavy atom. The molecule has 0 bridgehead atoms. The van der Waals surface area contributed by atoms with E-state index in [4.69, 9.17) is 16.3 Å². The van der Waals surface area contributed by atoms with Gasteiger partial charge in [-0.05, 0) is 25.0 Å². The zero-order valence-electron chi connectivity index (χ0n) is 14.0. The minimum absolute atomic E-state index is 0.0115. The summed E-state index contributed by atoms with van der Waals surface area (Å²) in [5, 5.41) is 0.730. The van der Waals surface area contributed by atoms with Crippen molar-refractivity contribution in [3.63, 3.8) is 0 Å². The van der Waals surface area contributed by atoms with Crippen LogP contribution in [0.4, 0.5) is 5.69 Å². The predicted octanol–water partition coefficient (Wildman–Crippen LogP) is 3.80. The predicted molar refractivity (Wildman–Crippen MR) is 98.4 cm³/mol. The number of ether oxygens (including phenoxy) is 1. The van der Waals surface area contributed by atoms with Crippen molar-refractivity contribution in [2.24, 2.45) is 0 Å². The molecule has 0 N–H and O–H groups in total. The molecule has 6 heteroatoms. The maximum absolute atomic E-state index is 12.2. The molecule has 0 saturated carbocycles. The first-order valence-corrected chi connectivity index (χ1v) is 9.42. The Hall–Kier alpha value is -0.910. The zero-order valence-corrected chi connectivity index (χ0v) is 15.6. The van der Waals surface area contributed by atoms with E-state index >= 15 is 0 Å². The van der Waals surface area contributed by atoms with Crippen molar-refractivity contribution < 1.29 is 9.53 Å². The Morgan fingerprint density at radius 2 is 2.17 bits per heavy atom. The first-order chi connectivity index (χ1) is 11.0. The van der Waals surface area contributed by atoms with Gasteiger partial charge in [-0.3, -0.25) is 4.79 Å². The SMILES string of the molecule is CCCOCCCN1C(=O)CSC1c1ccc(N(C)C)cc1Cl. The lowest BCUT2D eigenvalue weighted by Crippen LogP contribution is -2.30. The molecule has 1 aliphatic rings. The van der Waals surface area contributed by atoms with E-state index in [1.807, 2.05) is 42.1 Å². The maximum atomic E-state index is 12.2. The van der Waals surface area contributed by atoms with Crippen molar-refractivity contribution in [3.05, 3.63) is 28.8 Å². The molecule has 1 atom stereocenters. The molecule has 1 fully saturated rings. The number of thioether (sulfide) groups is 1. The highest BCUT2D eigenvalue weighted by Crippen LogP contribution is 2.42. The lowest BCUT2D eigenvalue weighted by Gasteiger charge is -2.25. The molecule has 1 aliphatic heterocycles. The first-order valence-electron chi connectivity index (χ1n) is 8.00. The number of anilines is 1. The van der Waals surface area contributed by atoms with Gasteiger partial charge in [0.25, 0.3) is 0 Å². The van der Waals surface area contributed by atoms with E-state index in [0.29, 0.717) is 18.9 Å². The number of amides is 1. The Labute approximate surface area is 148 Å². The second-order valence-electron chi connectivity index (χ2n) is 5.82. The fourth-order valence-electron chi connectivity index (χ4n) is 2.53. The Kier molecular flexibility index (Phi) is 7.06. The number of carbonyl (C=O) groups is 1. The van der Waals surface area contributed by atoms with Crippen LogP contribution in [0.25, 0.3) is 0 Å². The van der Waals surface area contributed by atoms with Crippen LogP contribution in [0.2, 0.25) is 5.02 Å². The van der Waals surface area contributed by atoms with Crippen LogP contribution in [-0.4, -0.2) is 50.4 Å². The lowest BCUT2D eigenvalue weighted by atomic mass is 10.1. The highest BCUT2D eigenvalue weighted by Gasteiger charge is 2.33. The monoisotopic (exact) mass is 356 g/mol. The summed E-state index contributed by atoms with van der Waals surface area (Å²) in [6.07, 6.45) is 1.88. The molecular formula is C17H25ClN2O2S. The quantitative estimate of drug-likeness (QED) is 0.663. The number of nitrogens with zero attached hydrogens (tertiary/aromatic N) is 2. The van der Waals surface area contributed by atoms with Crippen molar-refractivity contribution >= 4 is 35.0 Å². The molecule has 0 spiro atoms. The summed E-state index contributed by atoms with van der Waals surface area (Å²) >= 11 is 8.11.